The third-order valence-electron chi connectivity index (χ3n) is 3.25. The Hall–Kier alpha value is -1.23. The SMILES string of the molecule is CCCS(=O)(=O)N1CCCc2ccc(NC)cc21. The number of benzene rings is 1. The summed E-state index contributed by atoms with van der Waals surface area (Å²) in [6, 6.07) is 5.95. The second-order valence-corrected chi connectivity index (χ2v) is 6.60. The summed E-state index contributed by atoms with van der Waals surface area (Å²) in [5.74, 6) is 0.218. The minimum absolute atomic E-state index is 0.218. The molecule has 1 heterocycles. The fraction of sp³-hybridized carbons (Fsp3) is 0.538. The molecule has 100 valence electrons. The first-order chi connectivity index (χ1) is 8.58. The van der Waals surface area contributed by atoms with Gasteiger partial charge in [-0.2, -0.15) is 0 Å². The van der Waals surface area contributed by atoms with Crippen LogP contribution in [0.15, 0.2) is 18.2 Å². The number of sulfonamides is 1. The van der Waals surface area contributed by atoms with Gasteiger partial charge >= 0.3 is 0 Å². The molecule has 0 atom stereocenters. The highest BCUT2D eigenvalue weighted by Gasteiger charge is 2.26. The lowest BCUT2D eigenvalue weighted by Gasteiger charge is -2.30. The molecule has 0 bridgehead atoms. The molecule has 0 saturated heterocycles. The van der Waals surface area contributed by atoms with Gasteiger partial charge in [-0.25, -0.2) is 8.42 Å². The Kier molecular flexibility index (Phi) is 3.80. The van der Waals surface area contributed by atoms with Crippen molar-refractivity contribution in [2.24, 2.45) is 0 Å². The van der Waals surface area contributed by atoms with Gasteiger partial charge in [-0.05, 0) is 37.0 Å². The Morgan fingerprint density at radius 2 is 2.17 bits per heavy atom. The first kappa shape index (κ1) is 13.2. The van der Waals surface area contributed by atoms with Crippen molar-refractivity contribution < 1.29 is 8.42 Å². The smallest absolute Gasteiger partial charge is 0.235 e. The summed E-state index contributed by atoms with van der Waals surface area (Å²) in [6.07, 6.45) is 2.51. The van der Waals surface area contributed by atoms with E-state index < -0.39 is 10.0 Å². The average Bonchev–Trinajstić information content (AvgIpc) is 2.37. The van der Waals surface area contributed by atoms with Crippen molar-refractivity contribution in [3.63, 3.8) is 0 Å². The summed E-state index contributed by atoms with van der Waals surface area (Å²) in [5, 5.41) is 3.06. The van der Waals surface area contributed by atoms with E-state index in [-0.39, 0.29) is 5.75 Å². The predicted molar refractivity (Wildman–Crippen MR) is 75.7 cm³/mol. The van der Waals surface area contributed by atoms with Gasteiger partial charge in [0.05, 0.1) is 11.4 Å². The second kappa shape index (κ2) is 5.18. The van der Waals surface area contributed by atoms with Crippen LogP contribution in [0.25, 0.3) is 0 Å². The fourth-order valence-electron chi connectivity index (χ4n) is 2.35. The number of fused-ring (bicyclic) bond motifs is 1. The molecule has 0 aromatic heterocycles. The Labute approximate surface area is 109 Å². The van der Waals surface area contributed by atoms with E-state index in [1.54, 1.807) is 4.31 Å². The number of hydrogen-bond donors (Lipinski definition) is 1. The Bertz CT molecular complexity index is 526. The zero-order valence-electron chi connectivity index (χ0n) is 10.9. The lowest BCUT2D eigenvalue weighted by molar-refractivity contribution is 0.585. The van der Waals surface area contributed by atoms with Crippen molar-refractivity contribution in [1.29, 1.82) is 0 Å². The molecule has 18 heavy (non-hydrogen) atoms. The monoisotopic (exact) mass is 268 g/mol. The quantitative estimate of drug-likeness (QED) is 0.911. The van der Waals surface area contributed by atoms with Crippen LogP contribution in [0.1, 0.15) is 25.3 Å². The van der Waals surface area contributed by atoms with Crippen molar-refractivity contribution in [1.82, 2.24) is 0 Å². The van der Waals surface area contributed by atoms with E-state index >= 15 is 0 Å². The van der Waals surface area contributed by atoms with Gasteiger partial charge in [0, 0.05) is 19.3 Å². The molecule has 1 aliphatic heterocycles. The highest BCUT2D eigenvalue weighted by atomic mass is 32.2. The normalized spacial score (nSPS) is 15.3. The molecule has 1 N–H and O–H groups in total. The van der Waals surface area contributed by atoms with Gasteiger partial charge in [-0.1, -0.05) is 13.0 Å². The molecular formula is C13H20N2O2S. The third-order valence-corrected chi connectivity index (χ3v) is 5.22. The summed E-state index contributed by atoms with van der Waals surface area (Å²) in [6.45, 7) is 2.49. The summed E-state index contributed by atoms with van der Waals surface area (Å²) in [4.78, 5) is 0. The minimum Gasteiger partial charge on any atom is -0.388 e. The van der Waals surface area contributed by atoms with Gasteiger partial charge in [0.15, 0.2) is 0 Å². The molecule has 0 radical (unpaired) electrons. The molecule has 1 aromatic rings. The van der Waals surface area contributed by atoms with Gasteiger partial charge in [0.25, 0.3) is 0 Å². The molecule has 2 rings (SSSR count). The lowest BCUT2D eigenvalue weighted by atomic mass is 10.0. The molecule has 0 aliphatic carbocycles. The van der Waals surface area contributed by atoms with Crippen LogP contribution in [0.4, 0.5) is 11.4 Å². The van der Waals surface area contributed by atoms with Crippen LogP contribution < -0.4 is 9.62 Å². The number of anilines is 2. The van der Waals surface area contributed by atoms with Crippen LogP contribution in [0, 0.1) is 0 Å². The van der Waals surface area contributed by atoms with Crippen LogP contribution in [0.2, 0.25) is 0 Å². The Morgan fingerprint density at radius 1 is 1.39 bits per heavy atom. The summed E-state index contributed by atoms with van der Waals surface area (Å²) in [5.41, 5.74) is 2.92. The van der Waals surface area contributed by atoms with E-state index in [4.69, 9.17) is 0 Å². The molecule has 1 aliphatic rings. The van der Waals surface area contributed by atoms with Crippen LogP contribution in [-0.2, 0) is 16.4 Å². The van der Waals surface area contributed by atoms with Crippen LogP contribution >= 0.6 is 0 Å². The van der Waals surface area contributed by atoms with E-state index in [1.807, 2.05) is 32.2 Å². The number of nitrogens with one attached hydrogen (secondary N) is 1. The Balaban J connectivity index is 2.43. The second-order valence-electron chi connectivity index (χ2n) is 4.59. The zero-order valence-corrected chi connectivity index (χ0v) is 11.8. The van der Waals surface area contributed by atoms with Crippen molar-refractivity contribution in [2.45, 2.75) is 26.2 Å². The average molecular weight is 268 g/mol. The van der Waals surface area contributed by atoms with E-state index in [1.165, 1.54) is 0 Å². The van der Waals surface area contributed by atoms with E-state index in [0.717, 1.165) is 29.8 Å². The maximum absolute atomic E-state index is 12.3. The summed E-state index contributed by atoms with van der Waals surface area (Å²) in [7, 11) is -1.32. The van der Waals surface area contributed by atoms with Gasteiger partial charge in [0.1, 0.15) is 0 Å². The molecule has 0 unspecified atom stereocenters. The number of aryl methyl sites for hydroxylation is 1. The van der Waals surface area contributed by atoms with E-state index in [0.29, 0.717) is 13.0 Å². The minimum atomic E-state index is -3.17. The Morgan fingerprint density at radius 3 is 2.83 bits per heavy atom. The molecule has 0 amide bonds. The highest BCUT2D eigenvalue weighted by Crippen LogP contribution is 2.32. The zero-order chi connectivity index (χ0) is 13.2. The lowest BCUT2D eigenvalue weighted by Crippen LogP contribution is -2.37. The molecular weight excluding hydrogens is 248 g/mol. The van der Waals surface area contributed by atoms with Crippen LogP contribution in [-0.4, -0.2) is 27.8 Å². The van der Waals surface area contributed by atoms with Crippen molar-refractivity contribution in [3.05, 3.63) is 23.8 Å². The van der Waals surface area contributed by atoms with Crippen LogP contribution in [0.5, 0.6) is 0 Å². The predicted octanol–water partition coefficient (Wildman–Crippen LogP) is 2.22. The first-order valence-electron chi connectivity index (χ1n) is 6.39. The highest BCUT2D eigenvalue weighted by molar-refractivity contribution is 7.92. The molecule has 0 spiro atoms. The van der Waals surface area contributed by atoms with E-state index in [9.17, 15) is 8.42 Å². The fourth-order valence-corrected chi connectivity index (χ4v) is 3.97. The molecule has 5 heteroatoms. The van der Waals surface area contributed by atoms with Crippen molar-refractivity contribution in [3.8, 4) is 0 Å². The number of hydrogen-bond acceptors (Lipinski definition) is 3. The maximum atomic E-state index is 12.3. The topological polar surface area (TPSA) is 49.4 Å². The molecule has 0 saturated carbocycles. The van der Waals surface area contributed by atoms with Gasteiger partial charge in [0.2, 0.25) is 10.0 Å². The first-order valence-corrected chi connectivity index (χ1v) is 8.00. The standard InChI is InChI=1S/C13H20N2O2S/c1-3-9-18(16,17)15-8-4-5-11-6-7-12(14-2)10-13(11)15/h6-7,10,14H,3-5,8-9H2,1-2H3. The van der Waals surface area contributed by atoms with Crippen molar-refractivity contribution >= 4 is 21.4 Å². The summed E-state index contributed by atoms with van der Waals surface area (Å²) < 4.78 is 26.1. The van der Waals surface area contributed by atoms with Gasteiger partial charge < -0.3 is 5.32 Å². The molecule has 0 fully saturated rings. The van der Waals surface area contributed by atoms with Crippen molar-refractivity contribution in [2.75, 3.05) is 29.0 Å². The molecule has 4 nitrogen and oxygen atoms in total. The number of rotatable bonds is 4. The van der Waals surface area contributed by atoms with Gasteiger partial charge in [-0.15, -0.1) is 0 Å². The molecule has 1 aromatic carbocycles. The van der Waals surface area contributed by atoms with Crippen LogP contribution in [0.3, 0.4) is 0 Å². The maximum Gasteiger partial charge on any atom is 0.235 e. The summed E-state index contributed by atoms with van der Waals surface area (Å²) >= 11 is 0. The number of nitrogens with zero attached hydrogens (tertiary/aromatic N) is 1. The largest absolute Gasteiger partial charge is 0.388 e. The van der Waals surface area contributed by atoms with Gasteiger partial charge in [-0.3, -0.25) is 4.31 Å². The third kappa shape index (κ3) is 2.46. The van der Waals surface area contributed by atoms with E-state index in [2.05, 4.69) is 5.32 Å².